The number of hydrogen-bond donors (Lipinski definition) is 0. The highest BCUT2D eigenvalue weighted by Gasteiger charge is 2.39. The molecule has 1 fully saturated rings. The van der Waals surface area contributed by atoms with Crippen LogP contribution in [0.1, 0.15) is 24.5 Å². The lowest BCUT2D eigenvalue weighted by Gasteiger charge is -2.36. The van der Waals surface area contributed by atoms with Crippen molar-refractivity contribution >= 4 is 17.5 Å². The van der Waals surface area contributed by atoms with Gasteiger partial charge in [0, 0.05) is 37.3 Å². The number of carbonyl (C=O) groups is 2. The van der Waals surface area contributed by atoms with Gasteiger partial charge in [0.25, 0.3) is 0 Å². The second-order valence-electron chi connectivity index (χ2n) is 8.02. The summed E-state index contributed by atoms with van der Waals surface area (Å²) in [7, 11) is 0. The zero-order chi connectivity index (χ0) is 20.0. The molecule has 29 heavy (non-hydrogen) atoms. The first-order valence-electron chi connectivity index (χ1n) is 10.2. The smallest absolute Gasteiger partial charge is 0.228 e. The van der Waals surface area contributed by atoms with Crippen LogP contribution in [0, 0.1) is 5.92 Å². The topological polar surface area (TPSA) is 59.1 Å². The quantitative estimate of drug-likeness (QED) is 0.789. The molecular formula is C23H24N2O4. The maximum absolute atomic E-state index is 13.3. The summed E-state index contributed by atoms with van der Waals surface area (Å²) in [6.07, 6.45) is 1.10. The van der Waals surface area contributed by atoms with Crippen LogP contribution in [-0.2, 0) is 22.6 Å². The molecule has 0 spiro atoms. The van der Waals surface area contributed by atoms with Gasteiger partial charge in [-0.3, -0.25) is 9.59 Å². The number of anilines is 1. The highest BCUT2D eigenvalue weighted by Crippen LogP contribution is 2.36. The standard InChI is InChI=1S/C23H24N2O4/c1-15-10-16-4-2-3-5-17(16)13-24(15)23(27)18-11-22(26)25(14-18)19-6-7-20-21(12-19)29-9-8-28-20/h2-7,12,15,18H,8-11,13-14H2,1H3. The van der Waals surface area contributed by atoms with Crippen molar-refractivity contribution in [3.05, 3.63) is 53.6 Å². The summed E-state index contributed by atoms with van der Waals surface area (Å²) in [5, 5.41) is 0. The second-order valence-corrected chi connectivity index (χ2v) is 8.02. The molecule has 2 aromatic rings. The number of carbonyl (C=O) groups excluding carboxylic acids is 2. The lowest BCUT2D eigenvalue weighted by Crippen LogP contribution is -2.46. The summed E-state index contributed by atoms with van der Waals surface area (Å²) in [6, 6.07) is 13.9. The molecule has 1 saturated heterocycles. The molecule has 6 heteroatoms. The van der Waals surface area contributed by atoms with Crippen molar-refractivity contribution in [2.24, 2.45) is 5.92 Å². The zero-order valence-electron chi connectivity index (χ0n) is 16.5. The average molecular weight is 392 g/mol. The Morgan fingerprint density at radius 3 is 2.59 bits per heavy atom. The maximum Gasteiger partial charge on any atom is 0.228 e. The van der Waals surface area contributed by atoms with Gasteiger partial charge < -0.3 is 19.3 Å². The second kappa shape index (κ2) is 7.10. The molecule has 2 unspecified atom stereocenters. The monoisotopic (exact) mass is 392 g/mol. The number of ether oxygens (including phenoxy) is 2. The molecule has 0 bridgehead atoms. The lowest BCUT2D eigenvalue weighted by atomic mass is 9.93. The van der Waals surface area contributed by atoms with Crippen LogP contribution in [0.5, 0.6) is 11.5 Å². The maximum atomic E-state index is 13.3. The molecule has 2 atom stereocenters. The fourth-order valence-electron chi connectivity index (χ4n) is 4.53. The number of fused-ring (bicyclic) bond motifs is 2. The molecule has 2 amide bonds. The zero-order valence-corrected chi connectivity index (χ0v) is 16.5. The molecule has 150 valence electrons. The number of benzene rings is 2. The van der Waals surface area contributed by atoms with Crippen molar-refractivity contribution in [2.75, 3.05) is 24.7 Å². The van der Waals surface area contributed by atoms with Gasteiger partial charge in [-0.1, -0.05) is 24.3 Å². The van der Waals surface area contributed by atoms with Gasteiger partial charge in [0.2, 0.25) is 11.8 Å². The van der Waals surface area contributed by atoms with Crippen LogP contribution >= 0.6 is 0 Å². The summed E-state index contributed by atoms with van der Waals surface area (Å²) < 4.78 is 11.2. The Kier molecular flexibility index (Phi) is 4.42. The Labute approximate surface area is 170 Å². The van der Waals surface area contributed by atoms with Crippen LogP contribution in [0.15, 0.2) is 42.5 Å². The molecule has 0 radical (unpaired) electrons. The molecule has 3 aliphatic rings. The summed E-state index contributed by atoms with van der Waals surface area (Å²) in [5.74, 6) is 1.08. The lowest BCUT2D eigenvalue weighted by molar-refractivity contribution is -0.138. The third kappa shape index (κ3) is 3.22. The van der Waals surface area contributed by atoms with Crippen LogP contribution in [-0.4, -0.2) is 42.5 Å². The molecule has 0 aliphatic carbocycles. The highest BCUT2D eigenvalue weighted by molar-refractivity contribution is 6.00. The number of amides is 2. The fraction of sp³-hybridized carbons (Fsp3) is 0.391. The number of nitrogens with zero attached hydrogens (tertiary/aromatic N) is 2. The van der Waals surface area contributed by atoms with E-state index in [-0.39, 0.29) is 30.2 Å². The molecule has 5 rings (SSSR count). The van der Waals surface area contributed by atoms with Gasteiger partial charge in [-0.25, -0.2) is 0 Å². The van der Waals surface area contributed by atoms with Gasteiger partial charge in [0.05, 0.1) is 5.92 Å². The molecule has 3 aliphatic heterocycles. The Morgan fingerprint density at radius 2 is 1.76 bits per heavy atom. The normalized spacial score (nSPS) is 23.1. The first-order valence-corrected chi connectivity index (χ1v) is 10.2. The SMILES string of the molecule is CC1Cc2ccccc2CN1C(=O)C1CC(=O)N(c2ccc3c(c2)OCCO3)C1. The van der Waals surface area contributed by atoms with E-state index in [4.69, 9.17) is 9.47 Å². The van der Waals surface area contributed by atoms with Crippen molar-refractivity contribution in [1.82, 2.24) is 4.90 Å². The van der Waals surface area contributed by atoms with Gasteiger partial charge in [-0.15, -0.1) is 0 Å². The third-order valence-corrected chi connectivity index (χ3v) is 6.10. The van der Waals surface area contributed by atoms with Crippen LogP contribution in [0.3, 0.4) is 0 Å². The van der Waals surface area contributed by atoms with E-state index < -0.39 is 0 Å². The molecule has 3 heterocycles. The summed E-state index contributed by atoms with van der Waals surface area (Å²) >= 11 is 0. The predicted molar refractivity (Wildman–Crippen MR) is 108 cm³/mol. The molecule has 0 aromatic heterocycles. The van der Waals surface area contributed by atoms with E-state index in [2.05, 4.69) is 19.1 Å². The minimum absolute atomic E-state index is 0.0231. The summed E-state index contributed by atoms with van der Waals surface area (Å²) in [4.78, 5) is 29.6. The van der Waals surface area contributed by atoms with Crippen molar-refractivity contribution < 1.29 is 19.1 Å². The number of hydrogen-bond acceptors (Lipinski definition) is 4. The summed E-state index contributed by atoms with van der Waals surface area (Å²) in [6.45, 7) is 4.14. The van der Waals surface area contributed by atoms with E-state index in [1.54, 1.807) is 4.90 Å². The first kappa shape index (κ1) is 18.0. The third-order valence-electron chi connectivity index (χ3n) is 6.10. The average Bonchev–Trinajstić information content (AvgIpc) is 3.14. The van der Waals surface area contributed by atoms with Crippen LogP contribution in [0.25, 0.3) is 0 Å². The van der Waals surface area contributed by atoms with E-state index in [9.17, 15) is 9.59 Å². The Morgan fingerprint density at radius 1 is 1.00 bits per heavy atom. The largest absolute Gasteiger partial charge is 0.486 e. The molecular weight excluding hydrogens is 368 g/mol. The van der Waals surface area contributed by atoms with Crippen LogP contribution in [0.2, 0.25) is 0 Å². The molecule has 0 saturated carbocycles. The van der Waals surface area contributed by atoms with Gasteiger partial charge in [-0.05, 0) is 36.6 Å². The van der Waals surface area contributed by atoms with E-state index in [1.165, 1.54) is 11.1 Å². The van der Waals surface area contributed by atoms with Gasteiger partial charge in [0.15, 0.2) is 11.5 Å². The summed E-state index contributed by atoms with van der Waals surface area (Å²) in [5.41, 5.74) is 3.27. The van der Waals surface area contributed by atoms with Crippen LogP contribution < -0.4 is 14.4 Å². The fourth-order valence-corrected chi connectivity index (χ4v) is 4.53. The van der Waals surface area contributed by atoms with E-state index >= 15 is 0 Å². The molecule has 0 N–H and O–H groups in total. The predicted octanol–water partition coefficient (Wildman–Crippen LogP) is 2.78. The van der Waals surface area contributed by atoms with Gasteiger partial charge >= 0.3 is 0 Å². The Bertz CT molecular complexity index is 973. The molecule has 2 aromatic carbocycles. The van der Waals surface area contributed by atoms with E-state index in [0.717, 1.165) is 12.1 Å². The minimum Gasteiger partial charge on any atom is -0.486 e. The number of rotatable bonds is 2. The Balaban J connectivity index is 1.33. The van der Waals surface area contributed by atoms with Crippen molar-refractivity contribution in [3.8, 4) is 11.5 Å². The van der Waals surface area contributed by atoms with Crippen molar-refractivity contribution in [3.63, 3.8) is 0 Å². The van der Waals surface area contributed by atoms with Crippen LogP contribution in [0.4, 0.5) is 5.69 Å². The molecule has 6 nitrogen and oxygen atoms in total. The van der Waals surface area contributed by atoms with Gasteiger partial charge in [0.1, 0.15) is 13.2 Å². The Hall–Kier alpha value is -3.02. The minimum atomic E-state index is -0.316. The van der Waals surface area contributed by atoms with E-state index in [0.29, 0.717) is 37.8 Å². The van der Waals surface area contributed by atoms with E-state index in [1.807, 2.05) is 35.2 Å². The first-order chi connectivity index (χ1) is 14.1. The van der Waals surface area contributed by atoms with Gasteiger partial charge in [-0.2, -0.15) is 0 Å². The van der Waals surface area contributed by atoms with Crippen molar-refractivity contribution in [2.45, 2.75) is 32.4 Å². The van der Waals surface area contributed by atoms with Crippen molar-refractivity contribution in [1.29, 1.82) is 0 Å². The highest BCUT2D eigenvalue weighted by atomic mass is 16.6.